The molecule has 0 bridgehead atoms. The number of hydrogen-bond donors (Lipinski definition) is 1. The average Bonchev–Trinajstić information content (AvgIpc) is 2.42. The maximum absolute atomic E-state index is 11.1. The van der Waals surface area contributed by atoms with E-state index in [1.54, 1.807) is 6.92 Å². The van der Waals surface area contributed by atoms with Gasteiger partial charge >= 0.3 is 5.97 Å². The molecule has 5 nitrogen and oxygen atoms in total. The summed E-state index contributed by atoms with van der Waals surface area (Å²) in [6, 6.07) is 2.14. The van der Waals surface area contributed by atoms with Gasteiger partial charge in [0.1, 0.15) is 16.3 Å². The molecule has 0 saturated carbocycles. The Balaban J connectivity index is 3.22. The summed E-state index contributed by atoms with van der Waals surface area (Å²) in [6.45, 7) is 5.72. The summed E-state index contributed by atoms with van der Waals surface area (Å²) in [6.07, 6.45) is 1.88. The van der Waals surface area contributed by atoms with Gasteiger partial charge in [0.15, 0.2) is 0 Å². The highest BCUT2D eigenvalue weighted by Crippen LogP contribution is 2.29. The molecule has 1 N–H and O–H groups in total. The zero-order valence-corrected chi connectivity index (χ0v) is 12.1. The number of aryl methyl sites for hydroxylation is 1. The van der Waals surface area contributed by atoms with Crippen LogP contribution in [0.15, 0.2) is 5.03 Å². The standard InChI is InChI=1S/C13H17N3O2S/c1-4-8-9(7-14)12(16-15-10(8)5-2)19-11(6-3)13(17)18/h11H,4-6H2,1-3H3,(H,17,18). The van der Waals surface area contributed by atoms with E-state index in [0.29, 0.717) is 29.9 Å². The van der Waals surface area contributed by atoms with Gasteiger partial charge in [0, 0.05) is 0 Å². The molecule has 0 radical (unpaired) electrons. The van der Waals surface area contributed by atoms with E-state index < -0.39 is 11.2 Å². The summed E-state index contributed by atoms with van der Waals surface area (Å²) in [5.74, 6) is -0.893. The monoisotopic (exact) mass is 279 g/mol. The second-order valence-electron chi connectivity index (χ2n) is 3.98. The number of carbonyl (C=O) groups is 1. The van der Waals surface area contributed by atoms with Crippen LogP contribution in [0.3, 0.4) is 0 Å². The van der Waals surface area contributed by atoms with E-state index in [-0.39, 0.29) is 0 Å². The molecule has 1 rings (SSSR count). The summed E-state index contributed by atoms with van der Waals surface area (Å²) in [5.41, 5.74) is 2.16. The van der Waals surface area contributed by atoms with Crippen molar-refractivity contribution in [1.29, 1.82) is 5.26 Å². The largest absolute Gasteiger partial charge is 0.480 e. The van der Waals surface area contributed by atoms with Crippen molar-refractivity contribution in [2.24, 2.45) is 0 Å². The van der Waals surface area contributed by atoms with Gasteiger partial charge < -0.3 is 5.11 Å². The van der Waals surface area contributed by atoms with E-state index >= 15 is 0 Å². The minimum absolute atomic E-state index is 0.422. The third-order valence-corrected chi connectivity index (χ3v) is 4.15. The normalized spacial score (nSPS) is 11.9. The molecule has 1 atom stereocenters. The number of aliphatic carboxylic acids is 1. The lowest BCUT2D eigenvalue weighted by atomic mass is 10.1. The Bertz CT molecular complexity index is 511. The maximum Gasteiger partial charge on any atom is 0.317 e. The van der Waals surface area contributed by atoms with Crippen molar-refractivity contribution >= 4 is 17.7 Å². The number of nitrogens with zero attached hydrogens (tertiary/aromatic N) is 3. The predicted molar refractivity (Wildman–Crippen MR) is 73.1 cm³/mol. The molecule has 0 aliphatic rings. The first-order valence-corrected chi connectivity index (χ1v) is 7.14. The van der Waals surface area contributed by atoms with Gasteiger partial charge in [0.05, 0.1) is 11.3 Å². The summed E-state index contributed by atoms with van der Waals surface area (Å²) in [4.78, 5) is 11.1. The lowest BCUT2D eigenvalue weighted by Crippen LogP contribution is -2.16. The minimum atomic E-state index is -0.893. The van der Waals surface area contributed by atoms with Crippen LogP contribution in [0.25, 0.3) is 0 Å². The second-order valence-corrected chi connectivity index (χ2v) is 5.17. The van der Waals surface area contributed by atoms with Crippen LogP contribution in [0, 0.1) is 11.3 Å². The van der Waals surface area contributed by atoms with Crippen LogP contribution in [0.5, 0.6) is 0 Å². The molecule has 1 heterocycles. The van der Waals surface area contributed by atoms with Gasteiger partial charge in [-0.1, -0.05) is 32.5 Å². The molecule has 1 unspecified atom stereocenters. The third-order valence-electron chi connectivity index (χ3n) is 2.83. The number of carboxylic acid groups (broad SMARTS) is 1. The Morgan fingerprint density at radius 3 is 2.47 bits per heavy atom. The zero-order chi connectivity index (χ0) is 14.4. The van der Waals surface area contributed by atoms with E-state index in [1.165, 1.54) is 0 Å². The van der Waals surface area contributed by atoms with Gasteiger partial charge in [-0.2, -0.15) is 10.4 Å². The number of carboxylic acids is 1. The Morgan fingerprint density at radius 2 is 2.05 bits per heavy atom. The highest BCUT2D eigenvalue weighted by atomic mass is 32.2. The van der Waals surface area contributed by atoms with Gasteiger partial charge in [0.25, 0.3) is 0 Å². The van der Waals surface area contributed by atoms with Crippen LogP contribution in [0.4, 0.5) is 0 Å². The molecular weight excluding hydrogens is 262 g/mol. The fraction of sp³-hybridized carbons (Fsp3) is 0.538. The fourth-order valence-corrected chi connectivity index (χ4v) is 2.71. The average molecular weight is 279 g/mol. The summed E-state index contributed by atoms with van der Waals surface area (Å²) in [5, 5.41) is 26.3. The van der Waals surface area contributed by atoms with E-state index in [2.05, 4.69) is 16.3 Å². The van der Waals surface area contributed by atoms with E-state index in [9.17, 15) is 10.1 Å². The lowest BCUT2D eigenvalue weighted by Gasteiger charge is -2.12. The molecule has 0 spiro atoms. The SMILES string of the molecule is CCc1nnc(SC(CC)C(=O)O)c(C#N)c1CC. The van der Waals surface area contributed by atoms with Crippen molar-refractivity contribution in [3.05, 3.63) is 16.8 Å². The number of hydrogen-bond acceptors (Lipinski definition) is 5. The molecule has 1 aromatic rings. The molecule has 0 aliphatic carbocycles. The van der Waals surface area contributed by atoms with Crippen molar-refractivity contribution in [2.45, 2.75) is 50.3 Å². The molecule has 0 amide bonds. The number of aromatic nitrogens is 2. The summed E-state index contributed by atoms with van der Waals surface area (Å²) >= 11 is 1.10. The molecule has 0 aliphatic heterocycles. The summed E-state index contributed by atoms with van der Waals surface area (Å²) in [7, 11) is 0. The maximum atomic E-state index is 11.1. The highest BCUT2D eigenvalue weighted by Gasteiger charge is 2.22. The number of nitriles is 1. The molecule has 102 valence electrons. The van der Waals surface area contributed by atoms with Crippen LogP contribution in [0.1, 0.15) is 44.0 Å². The smallest absolute Gasteiger partial charge is 0.317 e. The minimum Gasteiger partial charge on any atom is -0.480 e. The Labute approximate surface area is 117 Å². The van der Waals surface area contributed by atoms with Crippen molar-refractivity contribution in [3.8, 4) is 6.07 Å². The predicted octanol–water partition coefficient (Wildman–Crippen LogP) is 2.43. The van der Waals surface area contributed by atoms with Crippen LogP contribution in [0.2, 0.25) is 0 Å². The van der Waals surface area contributed by atoms with Gasteiger partial charge in [0.2, 0.25) is 0 Å². The fourth-order valence-electron chi connectivity index (χ4n) is 1.80. The van der Waals surface area contributed by atoms with Gasteiger partial charge in [-0.25, -0.2) is 0 Å². The highest BCUT2D eigenvalue weighted by molar-refractivity contribution is 8.00. The zero-order valence-electron chi connectivity index (χ0n) is 11.3. The molecule has 19 heavy (non-hydrogen) atoms. The molecule has 0 saturated heterocycles. The molecule has 6 heteroatoms. The van der Waals surface area contributed by atoms with Crippen LogP contribution >= 0.6 is 11.8 Å². The quantitative estimate of drug-likeness (QED) is 0.805. The van der Waals surface area contributed by atoms with Gasteiger partial charge in [-0.15, -0.1) is 5.10 Å². The van der Waals surface area contributed by atoms with Crippen LogP contribution in [-0.2, 0) is 17.6 Å². The molecule has 0 aromatic carbocycles. The van der Waals surface area contributed by atoms with Crippen LogP contribution in [-0.4, -0.2) is 26.5 Å². The second kappa shape index (κ2) is 7.10. The third kappa shape index (κ3) is 3.44. The summed E-state index contributed by atoms with van der Waals surface area (Å²) < 4.78 is 0. The van der Waals surface area contributed by atoms with Crippen molar-refractivity contribution in [1.82, 2.24) is 10.2 Å². The van der Waals surface area contributed by atoms with Crippen LogP contribution < -0.4 is 0 Å². The Morgan fingerprint density at radius 1 is 1.37 bits per heavy atom. The topological polar surface area (TPSA) is 86.9 Å². The first-order chi connectivity index (χ1) is 9.08. The Kier molecular flexibility index (Phi) is 5.77. The number of rotatable bonds is 6. The molecule has 0 fully saturated rings. The van der Waals surface area contributed by atoms with E-state index in [4.69, 9.17) is 5.11 Å². The molecule has 1 aromatic heterocycles. The van der Waals surface area contributed by atoms with Gasteiger partial charge in [-0.05, 0) is 24.8 Å². The Hall–Kier alpha value is -1.61. The first-order valence-electron chi connectivity index (χ1n) is 6.26. The first kappa shape index (κ1) is 15.4. The van der Waals surface area contributed by atoms with Crippen molar-refractivity contribution < 1.29 is 9.90 Å². The van der Waals surface area contributed by atoms with Crippen molar-refractivity contribution in [2.75, 3.05) is 0 Å². The number of thioether (sulfide) groups is 1. The molecular formula is C13H17N3O2S. The van der Waals surface area contributed by atoms with Crippen molar-refractivity contribution in [3.63, 3.8) is 0 Å². The lowest BCUT2D eigenvalue weighted by molar-refractivity contribution is -0.136. The van der Waals surface area contributed by atoms with Gasteiger partial charge in [-0.3, -0.25) is 4.79 Å². The van der Waals surface area contributed by atoms with E-state index in [1.807, 2.05) is 13.8 Å². The van der Waals surface area contributed by atoms with E-state index in [0.717, 1.165) is 23.0 Å².